The van der Waals surface area contributed by atoms with E-state index in [4.69, 9.17) is 0 Å². The molecule has 8 rings (SSSR count). The number of hydrogen-bond acceptors (Lipinski definition) is 6. The maximum absolute atomic E-state index is 2.37. The van der Waals surface area contributed by atoms with Crippen molar-refractivity contribution in [2.75, 3.05) is 0 Å². The highest BCUT2D eigenvalue weighted by molar-refractivity contribution is 7.40. The van der Waals surface area contributed by atoms with Crippen LogP contribution in [-0.2, 0) is 0 Å². The van der Waals surface area contributed by atoms with Gasteiger partial charge in [0, 0.05) is 30.3 Å². The van der Waals surface area contributed by atoms with Gasteiger partial charge in [-0.05, 0) is 70.8 Å². The minimum atomic E-state index is 1.35. The molecule has 6 heteroatoms. The summed E-state index contributed by atoms with van der Waals surface area (Å²) in [6.07, 6.45) is 0. The monoisotopic (exact) mass is 544 g/mol. The van der Waals surface area contributed by atoms with Crippen molar-refractivity contribution in [1.82, 2.24) is 0 Å². The average molecular weight is 545 g/mol. The van der Waals surface area contributed by atoms with E-state index in [1.165, 1.54) is 80.4 Å². The number of thiophene rings is 6. The molecule has 0 radical (unpaired) electrons. The molecule has 0 amide bonds. The number of aryl methyl sites for hydroxylation is 2. The van der Waals surface area contributed by atoms with Gasteiger partial charge in [0.2, 0.25) is 0 Å². The van der Waals surface area contributed by atoms with Crippen molar-refractivity contribution in [1.29, 1.82) is 0 Å². The summed E-state index contributed by atoms with van der Waals surface area (Å²) in [6.45, 7) is 4.36. The van der Waals surface area contributed by atoms with Crippen molar-refractivity contribution < 1.29 is 0 Å². The van der Waals surface area contributed by atoms with Crippen LogP contribution in [0.2, 0.25) is 0 Å². The first-order valence-electron chi connectivity index (χ1n) is 11.0. The van der Waals surface area contributed by atoms with Crippen LogP contribution < -0.4 is 0 Å². The molecule has 164 valence electrons. The number of fused-ring (bicyclic) bond motifs is 9. The third-order valence-corrected chi connectivity index (χ3v) is 14.1. The Morgan fingerprint density at radius 3 is 1.29 bits per heavy atom. The van der Waals surface area contributed by atoms with E-state index in [1.807, 2.05) is 68.0 Å². The summed E-state index contributed by atoms with van der Waals surface area (Å²) in [5.41, 5.74) is 2.70. The first-order valence-corrected chi connectivity index (χ1v) is 16.0. The number of rotatable bonds is 2. The molecule has 0 bridgehead atoms. The van der Waals surface area contributed by atoms with Crippen LogP contribution >= 0.6 is 68.0 Å². The molecule has 6 heterocycles. The molecule has 6 aromatic heterocycles. The molecule has 0 aliphatic rings. The predicted octanol–water partition coefficient (Wildman–Crippen LogP) is 11.8. The van der Waals surface area contributed by atoms with Crippen LogP contribution in [0.25, 0.3) is 69.3 Å². The van der Waals surface area contributed by atoms with Crippen LogP contribution in [0.15, 0.2) is 59.3 Å². The fourth-order valence-corrected chi connectivity index (χ4v) is 12.1. The Balaban J connectivity index is 1.37. The lowest BCUT2D eigenvalue weighted by Crippen LogP contribution is -1.64. The van der Waals surface area contributed by atoms with Gasteiger partial charge in [-0.25, -0.2) is 0 Å². The molecule has 0 aliphatic carbocycles. The highest BCUT2D eigenvalue weighted by atomic mass is 32.1. The van der Waals surface area contributed by atoms with Crippen molar-refractivity contribution in [2.24, 2.45) is 0 Å². The van der Waals surface area contributed by atoms with Crippen molar-refractivity contribution in [3.05, 3.63) is 70.4 Å². The summed E-state index contributed by atoms with van der Waals surface area (Å²) in [4.78, 5) is 5.54. The van der Waals surface area contributed by atoms with Crippen LogP contribution in [0.1, 0.15) is 11.1 Å². The first-order chi connectivity index (χ1) is 16.6. The zero-order valence-corrected chi connectivity index (χ0v) is 23.1. The van der Waals surface area contributed by atoms with E-state index in [-0.39, 0.29) is 0 Å². The molecular weight excluding hydrogens is 529 g/mol. The molecule has 0 saturated carbocycles. The zero-order valence-electron chi connectivity index (χ0n) is 18.2. The third kappa shape index (κ3) is 2.84. The minimum Gasteiger partial charge on any atom is -0.143 e. The van der Waals surface area contributed by atoms with Gasteiger partial charge in [0.1, 0.15) is 0 Å². The molecule has 0 saturated heterocycles. The number of hydrogen-bond donors (Lipinski definition) is 0. The Morgan fingerprint density at radius 2 is 0.882 bits per heavy atom. The zero-order chi connectivity index (χ0) is 22.6. The van der Waals surface area contributed by atoms with E-state index in [1.54, 1.807) is 0 Å². The molecule has 2 aromatic carbocycles. The molecule has 0 unspecified atom stereocenters. The van der Waals surface area contributed by atoms with Crippen LogP contribution in [0, 0.1) is 13.8 Å². The lowest BCUT2D eigenvalue weighted by molar-refractivity contribution is 1.56. The van der Waals surface area contributed by atoms with E-state index in [2.05, 4.69) is 73.1 Å². The summed E-state index contributed by atoms with van der Waals surface area (Å²) in [6, 6.07) is 18.7. The molecule has 0 aliphatic heterocycles. The average Bonchev–Trinajstić information content (AvgIpc) is 3.62. The summed E-state index contributed by atoms with van der Waals surface area (Å²) >= 11 is 11.6. The summed E-state index contributed by atoms with van der Waals surface area (Å²) < 4.78 is 8.68. The van der Waals surface area contributed by atoms with Gasteiger partial charge < -0.3 is 0 Å². The highest BCUT2D eigenvalue weighted by Gasteiger charge is 2.18. The van der Waals surface area contributed by atoms with Gasteiger partial charge in [-0.1, -0.05) is 24.3 Å². The predicted molar refractivity (Wildman–Crippen MR) is 162 cm³/mol. The minimum absolute atomic E-state index is 1.35. The standard InChI is InChI=1S/C28H16S6/c1-13-7-19(29-11-13)21-9-15-3-5-17-25(23(15)31-21)33-28-18-6-4-16-10-22(20-8-14(2)12-30-20)32-24(16)26(18)34-27(17)28/h3-12H,1-2H3. The molecule has 0 fully saturated rings. The third-order valence-electron chi connectivity index (χ3n) is 6.33. The van der Waals surface area contributed by atoms with E-state index >= 15 is 0 Å². The normalized spacial score (nSPS) is 12.4. The van der Waals surface area contributed by atoms with Crippen LogP contribution in [-0.4, -0.2) is 0 Å². The summed E-state index contributed by atoms with van der Waals surface area (Å²) in [5.74, 6) is 0. The van der Waals surface area contributed by atoms with Gasteiger partial charge in [-0.3, -0.25) is 0 Å². The van der Waals surface area contributed by atoms with Crippen LogP contribution in [0.5, 0.6) is 0 Å². The molecule has 0 atom stereocenters. The van der Waals surface area contributed by atoms with Crippen molar-refractivity contribution >= 4 is 118 Å². The fraction of sp³-hybridized carbons (Fsp3) is 0.0714. The molecule has 0 spiro atoms. The van der Waals surface area contributed by atoms with Crippen molar-refractivity contribution in [3.63, 3.8) is 0 Å². The second-order valence-electron chi connectivity index (χ2n) is 8.78. The maximum Gasteiger partial charge on any atom is 0.0543 e. The molecule has 0 N–H and O–H groups in total. The largest absolute Gasteiger partial charge is 0.143 e. The second kappa shape index (κ2) is 7.23. The van der Waals surface area contributed by atoms with Gasteiger partial charge in [-0.2, -0.15) is 0 Å². The van der Waals surface area contributed by atoms with Crippen molar-refractivity contribution in [2.45, 2.75) is 13.8 Å². The highest BCUT2D eigenvalue weighted by Crippen LogP contribution is 2.51. The van der Waals surface area contributed by atoms with Crippen molar-refractivity contribution in [3.8, 4) is 19.5 Å². The quantitative estimate of drug-likeness (QED) is 0.203. The Labute approximate surface area is 220 Å². The Hall–Kier alpha value is -2.06. The molecule has 0 nitrogen and oxygen atoms in total. The Bertz CT molecular complexity index is 1900. The number of benzene rings is 2. The molecule has 8 aromatic rings. The van der Waals surface area contributed by atoms with Gasteiger partial charge in [0.15, 0.2) is 0 Å². The van der Waals surface area contributed by atoms with E-state index in [0.29, 0.717) is 0 Å². The Morgan fingerprint density at radius 1 is 0.441 bits per heavy atom. The van der Waals surface area contributed by atoms with Gasteiger partial charge in [-0.15, -0.1) is 68.0 Å². The van der Waals surface area contributed by atoms with Gasteiger partial charge >= 0.3 is 0 Å². The summed E-state index contributed by atoms with van der Waals surface area (Å²) in [7, 11) is 0. The fourth-order valence-electron chi connectivity index (χ4n) is 4.73. The Kier molecular flexibility index (Phi) is 4.29. The molecular formula is C28H16S6. The van der Waals surface area contributed by atoms with E-state index < -0.39 is 0 Å². The topological polar surface area (TPSA) is 0 Å². The first kappa shape index (κ1) is 20.2. The maximum atomic E-state index is 2.37. The van der Waals surface area contributed by atoms with E-state index in [0.717, 1.165) is 0 Å². The summed E-state index contributed by atoms with van der Waals surface area (Å²) in [5, 5.41) is 10.1. The van der Waals surface area contributed by atoms with Gasteiger partial charge in [0.05, 0.1) is 28.2 Å². The SMILES string of the molecule is Cc1csc(-c2cc3ccc4c(sc5c6ccc7cc(-c8cc(C)cs8)sc7c6sc45)c3s2)c1. The second-order valence-corrected chi connectivity index (χ2v) is 14.7. The van der Waals surface area contributed by atoms with E-state index in [9.17, 15) is 0 Å². The lowest BCUT2D eigenvalue weighted by atomic mass is 10.1. The smallest absolute Gasteiger partial charge is 0.0543 e. The molecule has 34 heavy (non-hydrogen) atoms. The van der Waals surface area contributed by atoms with Crippen LogP contribution in [0.4, 0.5) is 0 Å². The van der Waals surface area contributed by atoms with Gasteiger partial charge in [0.25, 0.3) is 0 Å². The van der Waals surface area contributed by atoms with Crippen LogP contribution in [0.3, 0.4) is 0 Å². The lowest BCUT2D eigenvalue weighted by Gasteiger charge is -1.94.